The van der Waals surface area contributed by atoms with E-state index in [2.05, 4.69) is 44.3 Å². The molecule has 1 aromatic heterocycles. The largest absolute Gasteiger partial charge is 0.298 e. The van der Waals surface area contributed by atoms with Crippen molar-refractivity contribution in [3.05, 3.63) is 64.0 Å². The monoisotopic (exact) mass is 511 g/mol. The van der Waals surface area contributed by atoms with E-state index in [0.29, 0.717) is 23.8 Å². The standard InChI is InChI=1S/C27H33N3O3S2/c1-4-5-9-24-25(23-18-19(2)10-11-20(23)3)28-27(34-24)29-26(31)21-12-14-22(15-13-21)35(32,33)30-16-7-6-8-17-30/h10-15,18H,4-9,16-17H2,1-3H3,(H,28,29,31). The third kappa shape index (κ3) is 5.82. The Morgan fingerprint density at radius 1 is 1.06 bits per heavy atom. The van der Waals surface area contributed by atoms with Gasteiger partial charge in [-0.15, -0.1) is 11.3 Å². The third-order valence-electron chi connectivity index (χ3n) is 6.39. The van der Waals surface area contributed by atoms with Crippen molar-refractivity contribution in [3.8, 4) is 11.3 Å². The van der Waals surface area contributed by atoms with Gasteiger partial charge in [0.1, 0.15) is 0 Å². The van der Waals surface area contributed by atoms with Crippen LogP contribution >= 0.6 is 11.3 Å². The minimum Gasteiger partial charge on any atom is -0.298 e. The highest BCUT2D eigenvalue weighted by Gasteiger charge is 2.26. The first-order valence-corrected chi connectivity index (χ1v) is 14.5. The minimum atomic E-state index is -3.52. The number of nitrogens with zero attached hydrogens (tertiary/aromatic N) is 2. The summed E-state index contributed by atoms with van der Waals surface area (Å²) in [5.74, 6) is -0.296. The number of hydrogen-bond donors (Lipinski definition) is 1. The summed E-state index contributed by atoms with van der Waals surface area (Å²) in [6.45, 7) is 7.42. The summed E-state index contributed by atoms with van der Waals surface area (Å²) in [6, 6.07) is 12.5. The molecule has 1 aliphatic heterocycles. The Bertz CT molecular complexity index is 1290. The molecule has 0 aliphatic carbocycles. The molecule has 0 bridgehead atoms. The summed E-state index contributed by atoms with van der Waals surface area (Å²) in [4.78, 5) is 19.2. The summed E-state index contributed by atoms with van der Waals surface area (Å²) in [7, 11) is -3.52. The summed E-state index contributed by atoms with van der Waals surface area (Å²) < 4.78 is 27.3. The number of nitrogens with one attached hydrogen (secondary N) is 1. The number of benzene rings is 2. The van der Waals surface area contributed by atoms with E-state index in [1.807, 2.05) is 0 Å². The van der Waals surface area contributed by atoms with Crippen molar-refractivity contribution >= 4 is 32.4 Å². The smallest absolute Gasteiger partial charge is 0.257 e. The number of piperidine rings is 1. The van der Waals surface area contributed by atoms with Gasteiger partial charge in [-0.1, -0.05) is 37.5 Å². The van der Waals surface area contributed by atoms with Crippen molar-refractivity contribution < 1.29 is 13.2 Å². The van der Waals surface area contributed by atoms with Crippen molar-refractivity contribution in [2.45, 2.75) is 64.2 Å². The second-order valence-corrected chi connectivity index (χ2v) is 12.2. The fourth-order valence-electron chi connectivity index (χ4n) is 4.32. The van der Waals surface area contributed by atoms with Gasteiger partial charge >= 0.3 is 0 Å². The van der Waals surface area contributed by atoms with Gasteiger partial charge in [0.15, 0.2) is 5.13 Å². The van der Waals surface area contributed by atoms with Gasteiger partial charge in [0.2, 0.25) is 10.0 Å². The lowest BCUT2D eigenvalue weighted by atomic mass is 10.0. The van der Waals surface area contributed by atoms with Crippen molar-refractivity contribution in [2.24, 2.45) is 0 Å². The number of amides is 1. The second-order valence-electron chi connectivity index (χ2n) is 9.16. The van der Waals surface area contributed by atoms with E-state index in [9.17, 15) is 13.2 Å². The molecule has 1 aliphatic rings. The van der Waals surface area contributed by atoms with E-state index in [1.54, 1.807) is 12.1 Å². The lowest BCUT2D eigenvalue weighted by molar-refractivity contribution is 0.102. The zero-order valence-electron chi connectivity index (χ0n) is 20.6. The molecule has 2 heterocycles. The lowest BCUT2D eigenvalue weighted by Gasteiger charge is -2.25. The Labute approximate surface area is 212 Å². The first-order valence-electron chi connectivity index (χ1n) is 12.3. The van der Waals surface area contributed by atoms with Crippen molar-refractivity contribution in [1.29, 1.82) is 0 Å². The maximum Gasteiger partial charge on any atom is 0.257 e. The van der Waals surface area contributed by atoms with E-state index in [-0.39, 0.29) is 10.8 Å². The molecule has 35 heavy (non-hydrogen) atoms. The molecule has 8 heteroatoms. The second kappa shape index (κ2) is 11.0. The summed E-state index contributed by atoms with van der Waals surface area (Å²) in [6.07, 6.45) is 5.89. The predicted molar refractivity (Wildman–Crippen MR) is 143 cm³/mol. The predicted octanol–water partition coefficient (Wildman–Crippen LogP) is 6.20. The number of thiazole rings is 1. The van der Waals surface area contributed by atoms with E-state index in [4.69, 9.17) is 4.98 Å². The number of aromatic nitrogens is 1. The van der Waals surface area contributed by atoms with Crippen LogP contribution in [0.25, 0.3) is 11.3 Å². The first-order chi connectivity index (χ1) is 16.8. The number of unbranched alkanes of at least 4 members (excludes halogenated alkanes) is 1. The molecule has 3 aromatic rings. The molecule has 186 valence electrons. The fraction of sp³-hybridized carbons (Fsp3) is 0.407. The Hall–Kier alpha value is -2.55. The number of sulfonamides is 1. The van der Waals surface area contributed by atoms with Crippen molar-refractivity contribution in [2.75, 3.05) is 18.4 Å². The molecule has 4 rings (SSSR count). The van der Waals surface area contributed by atoms with Gasteiger partial charge in [-0.05, 0) is 75.4 Å². The molecule has 1 N–H and O–H groups in total. The van der Waals surface area contributed by atoms with Gasteiger partial charge in [0.05, 0.1) is 10.6 Å². The molecule has 1 fully saturated rings. The van der Waals surface area contributed by atoms with Gasteiger partial charge in [0.25, 0.3) is 5.91 Å². The Balaban J connectivity index is 1.54. The summed E-state index contributed by atoms with van der Waals surface area (Å²) in [5, 5.41) is 3.49. The maximum absolute atomic E-state index is 13.0. The number of rotatable bonds is 8. The van der Waals surface area contributed by atoms with Crippen LogP contribution in [-0.2, 0) is 16.4 Å². The molecule has 1 saturated heterocycles. The summed E-state index contributed by atoms with van der Waals surface area (Å²) in [5.41, 5.74) is 4.76. The van der Waals surface area contributed by atoms with Crippen LogP contribution in [-0.4, -0.2) is 36.7 Å². The zero-order chi connectivity index (χ0) is 25.0. The zero-order valence-corrected chi connectivity index (χ0v) is 22.3. The van der Waals surface area contributed by atoms with E-state index in [0.717, 1.165) is 55.3 Å². The van der Waals surface area contributed by atoms with Gasteiger partial charge < -0.3 is 0 Å². The summed E-state index contributed by atoms with van der Waals surface area (Å²) >= 11 is 1.51. The first kappa shape index (κ1) is 25.5. The quantitative estimate of drug-likeness (QED) is 0.391. The number of hydrogen-bond acceptors (Lipinski definition) is 5. The molecule has 6 nitrogen and oxygen atoms in total. The van der Waals surface area contributed by atoms with E-state index < -0.39 is 10.0 Å². The molecular formula is C27H33N3O3S2. The average Bonchev–Trinajstić information content (AvgIpc) is 3.26. The maximum atomic E-state index is 13.0. The number of aryl methyl sites for hydroxylation is 3. The van der Waals surface area contributed by atoms with Crippen LogP contribution in [0.4, 0.5) is 5.13 Å². The van der Waals surface area contributed by atoms with Crippen LogP contribution in [0.15, 0.2) is 47.4 Å². The van der Waals surface area contributed by atoms with Gasteiger partial charge in [0, 0.05) is 29.1 Å². The van der Waals surface area contributed by atoms with E-state index in [1.165, 1.54) is 38.2 Å². The van der Waals surface area contributed by atoms with Gasteiger partial charge in [-0.3, -0.25) is 10.1 Å². The molecule has 1 amide bonds. The highest BCUT2D eigenvalue weighted by Crippen LogP contribution is 2.35. The van der Waals surface area contributed by atoms with Gasteiger partial charge in [-0.2, -0.15) is 4.31 Å². The fourth-order valence-corrected chi connectivity index (χ4v) is 6.85. The number of carbonyl (C=O) groups is 1. The molecule has 0 radical (unpaired) electrons. The lowest BCUT2D eigenvalue weighted by Crippen LogP contribution is -2.35. The van der Waals surface area contributed by atoms with Crippen molar-refractivity contribution in [3.63, 3.8) is 0 Å². The highest BCUT2D eigenvalue weighted by molar-refractivity contribution is 7.89. The third-order valence-corrected chi connectivity index (χ3v) is 9.34. The number of anilines is 1. The highest BCUT2D eigenvalue weighted by atomic mass is 32.2. The van der Waals surface area contributed by atoms with Crippen LogP contribution in [0.3, 0.4) is 0 Å². The Morgan fingerprint density at radius 3 is 2.46 bits per heavy atom. The van der Waals surface area contributed by atoms with Crippen molar-refractivity contribution in [1.82, 2.24) is 9.29 Å². The van der Waals surface area contributed by atoms with Crippen LogP contribution in [0.5, 0.6) is 0 Å². The molecule has 0 spiro atoms. The molecule has 0 unspecified atom stereocenters. The average molecular weight is 512 g/mol. The molecule has 0 saturated carbocycles. The van der Waals surface area contributed by atoms with E-state index >= 15 is 0 Å². The van der Waals surface area contributed by atoms with Crippen LogP contribution in [0.2, 0.25) is 0 Å². The van der Waals surface area contributed by atoms with Gasteiger partial charge in [-0.25, -0.2) is 13.4 Å². The Kier molecular flexibility index (Phi) is 8.04. The normalized spacial score (nSPS) is 14.7. The van der Waals surface area contributed by atoms with Crippen LogP contribution in [0.1, 0.15) is 65.4 Å². The molecule has 0 atom stereocenters. The van der Waals surface area contributed by atoms with Crippen LogP contribution < -0.4 is 5.32 Å². The molecule has 2 aromatic carbocycles. The Morgan fingerprint density at radius 2 is 1.77 bits per heavy atom. The molecular weight excluding hydrogens is 478 g/mol. The number of carbonyl (C=O) groups excluding carboxylic acids is 1. The minimum absolute atomic E-state index is 0.226. The topological polar surface area (TPSA) is 79.4 Å². The van der Waals surface area contributed by atoms with Crippen LogP contribution in [0, 0.1) is 13.8 Å². The SMILES string of the molecule is CCCCc1sc(NC(=O)c2ccc(S(=O)(=O)N3CCCCC3)cc2)nc1-c1cc(C)ccc1C.